The highest BCUT2D eigenvalue weighted by atomic mass is 16.2. The first-order valence-electron chi connectivity index (χ1n) is 8.18. The van der Waals surface area contributed by atoms with Crippen LogP contribution < -0.4 is 15.2 Å². The largest absolute Gasteiger partial charge is 0.335 e. The van der Waals surface area contributed by atoms with E-state index in [1.54, 1.807) is 0 Å². The van der Waals surface area contributed by atoms with Crippen molar-refractivity contribution < 1.29 is 14.2 Å². The smallest absolute Gasteiger partial charge is 0.321 e. The maximum Gasteiger partial charge on any atom is 0.321 e. The molecule has 0 bridgehead atoms. The Kier molecular flexibility index (Phi) is 5.92. The third-order valence-electron chi connectivity index (χ3n) is 4.23. The number of hydrogen-bond donors (Lipinski definition) is 2. The second-order valence-electron chi connectivity index (χ2n) is 6.02. The summed E-state index contributed by atoms with van der Waals surface area (Å²) in [4.78, 5) is 23.9. The second kappa shape index (κ2) is 7.92. The Balaban J connectivity index is 1.85. The van der Waals surface area contributed by atoms with Crippen LogP contribution in [0.5, 0.6) is 0 Å². The van der Waals surface area contributed by atoms with Gasteiger partial charge in [-0.05, 0) is 25.3 Å². The van der Waals surface area contributed by atoms with Crippen molar-refractivity contribution in [1.82, 2.24) is 10.6 Å². The van der Waals surface area contributed by atoms with Crippen LogP contribution in [0.2, 0.25) is 0 Å². The highest BCUT2D eigenvalue weighted by Crippen LogP contribution is 2.17. The van der Waals surface area contributed by atoms with Crippen LogP contribution in [0.25, 0.3) is 0 Å². The van der Waals surface area contributed by atoms with E-state index in [9.17, 15) is 9.59 Å². The Bertz CT molecular complexity index is 537. The predicted octanol–water partition coefficient (Wildman–Crippen LogP) is 2.00. The summed E-state index contributed by atoms with van der Waals surface area (Å²) >= 11 is 0. The van der Waals surface area contributed by atoms with E-state index in [0.717, 1.165) is 37.8 Å². The first kappa shape index (κ1) is 16.5. The zero-order chi connectivity index (χ0) is 15.9. The van der Waals surface area contributed by atoms with E-state index in [1.165, 1.54) is 12.0 Å². The quantitative estimate of drug-likeness (QED) is 0.836. The van der Waals surface area contributed by atoms with Gasteiger partial charge in [0.15, 0.2) is 11.9 Å². The van der Waals surface area contributed by atoms with Gasteiger partial charge in [0.25, 0.3) is 5.91 Å². The number of carbonyl (C=O) groups is 2. The van der Waals surface area contributed by atoms with Crippen LogP contribution in [0.4, 0.5) is 4.79 Å². The molecule has 0 aromatic carbocycles. The van der Waals surface area contributed by atoms with Gasteiger partial charge in [-0.3, -0.25) is 10.1 Å². The molecule has 0 saturated heterocycles. The summed E-state index contributed by atoms with van der Waals surface area (Å²) in [5.41, 5.74) is 2.17. The van der Waals surface area contributed by atoms with Gasteiger partial charge in [0.2, 0.25) is 6.54 Å². The van der Waals surface area contributed by atoms with Crippen LogP contribution in [0.1, 0.15) is 50.3 Å². The van der Waals surface area contributed by atoms with E-state index in [-0.39, 0.29) is 24.5 Å². The summed E-state index contributed by atoms with van der Waals surface area (Å²) in [6.45, 7) is 4.19. The highest BCUT2D eigenvalue weighted by Gasteiger charge is 2.19. The van der Waals surface area contributed by atoms with Crippen molar-refractivity contribution in [3.63, 3.8) is 0 Å². The zero-order valence-electron chi connectivity index (χ0n) is 13.5. The van der Waals surface area contributed by atoms with E-state index in [0.29, 0.717) is 0 Å². The summed E-state index contributed by atoms with van der Waals surface area (Å²) in [5.74, 6) is -0.283. The van der Waals surface area contributed by atoms with E-state index in [2.05, 4.69) is 23.6 Å². The maximum absolute atomic E-state index is 12.0. The molecule has 5 heteroatoms. The van der Waals surface area contributed by atoms with Gasteiger partial charge in [-0.25, -0.2) is 4.79 Å². The van der Waals surface area contributed by atoms with Gasteiger partial charge in [0.05, 0.1) is 0 Å². The minimum Gasteiger partial charge on any atom is -0.335 e. The molecule has 22 heavy (non-hydrogen) atoms. The molecule has 1 fully saturated rings. The molecule has 0 aliphatic heterocycles. The van der Waals surface area contributed by atoms with Gasteiger partial charge in [0.1, 0.15) is 0 Å². The lowest BCUT2D eigenvalue weighted by molar-refractivity contribution is -0.690. The van der Waals surface area contributed by atoms with Crippen LogP contribution >= 0.6 is 0 Å². The van der Waals surface area contributed by atoms with Gasteiger partial charge in [0, 0.05) is 24.6 Å². The summed E-state index contributed by atoms with van der Waals surface area (Å²) in [5, 5.41) is 5.32. The Morgan fingerprint density at radius 1 is 1.23 bits per heavy atom. The fourth-order valence-corrected chi connectivity index (χ4v) is 2.84. The molecule has 1 saturated carbocycles. The number of rotatable bonds is 4. The molecule has 1 aliphatic carbocycles. The minimum absolute atomic E-state index is 0.164. The first-order valence-corrected chi connectivity index (χ1v) is 8.18. The molecule has 1 aromatic heterocycles. The average molecular weight is 304 g/mol. The van der Waals surface area contributed by atoms with Crippen molar-refractivity contribution in [2.45, 2.75) is 65.0 Å². The van der Waals surface area contributed by atoms with Crippen molar-refractivity contribution in [2.24, 2.45) is 0 Å². The number of nitrogens with zero attached hydrogens (tertiary/aromatic N) is 1. The third kappa shape index (κ3) is 4.83. The molecule has 120 valence electrons. The third-order valence-corrected chi connectivity index (χ3v) is 4.23. The zero-order valence-corrected chi connectivity index (χ0v) is 13.5. The number of hydrogen-bond acceptors (Lipinski definition) is 2. The highest BCUT2D eigenvalue weighted by molar-refractivity contribution is 5.93. The molecule has 2 rings (SSSR count). The van der Waals surface area contributed by atoms with E-state index >= 15 is 0 Å². The van der Waals surface area contributed by atoms with Crippen LogP contribution in [-0.2, 0) is 17.8 Å². The Labute approximate surface area is 132 Å². The van der Waals surface area contributed by atoms with Gasteiger partial charge in [-0.15, -0.1) is 0 Å². The fourth-order valence-electron chi connectivity index (χ4n) is 2.84. The molecular formula is C17H26N3O2+. The van der Waals surface area contributed by atoms with Crippen molar-refractivity contribution >= 4 is 11.9 Å². The van der Waals surface area contributed by atoms with Crippen LogP contribution in [0.3, 0.4) is 0 Å². The van der Waals surface area contributed by atoms with Crippen molar-refractivity contribution in [1.29, 1.82) is 0 Å². The number of imide groups is 1. The van der Waals surface area contributed by atoms with E-state index < -0.39 is 0 Å². The fraction of sp³-hybridized carbons (Fsp3) is 0.588. The molecule has 3 amide bonds. The summed E-state index contributed by atoms with van der Waals surface area (Å²) < 4.78 is 1.88. The van der Waals surface area contributed by atoms with Gasteiger partial charge < -0.3 is 5.32 Å². The number of aryl methyl sites for hydroxylation is 2. The summed E-state index contributed by atoms with van der Waals surface area (Å²) in [6, 6.07) is 3.88. The Morgan fingerprint density at radius 2 is 1.95 bits per heavy atom. The van der Waals surface area contributed by atoms with Crippen molar-refractivity contribution in [2.75, 3.05) is 0 Å². The monoisotopic (exact) mass is 304 g/mol. The lowest BCUT2D eigenvalue weighted by Gasteiger charge is -2.22. The average Bonchev–Trinajstić information content (AvgIpc) is 2.50. The normalized spacial score (nSPS) is 15.4. The number of aromatic nitrogens is 1. The van der Waals surface area contributed by atoms with E-state index in [4.69, 9.17) is 0 Å². The number of urea groups is 1. The van der Waals surface area contributed by atoms with Crippen LogP contribution in [-0.4, -0.2) is 18.0 Å². The molecule has 1 heterocycles. The van der Waals surface area contributed by atoms with Crippen molar-refractivity contribution in [3.8, 4) is 0 Å². The molecule has 0 atom stereocenters. The Hall–Kier alpha value is -1.91. The molecule has 0 spiro atoms. The molecule has 2 N–H and O–H groups in total. The number of amides is 3. The number of nitrogens with one attached hydrogen (secondary N) is 2. The maximum atomic E-state index is 12.0. The molecule has 1 aliphatic rings. The van der Waals surface area contributed by atoms with Gasteiger partial charge in [-0.1, -0.05) is 26.2 Å². The first-order chi connectivity index (χ1) is 10.6. The van der Waals surface area contributed by atoms with Crippen molar-refractivity contribution in [3.05, 3.63) is 29.6 Å². The molecule has 0 radical (unpaired) electrons. The van der Waals surface area contributed by atoms with Gasteiger partial charge in [-0.2, -0.15) is 4.57 Å². The van der Waals surface area contributed by atoms with Gasteiger partial charge >= 0.3 is 6.03 Å². The molecular weight excluding hydrogens is 278 g/mol. The van der Waals surface area contributed by atoms with Crippen LogP contribution in [0, 0.1) is 6.92 Å². The second-order valence-corrected chi connectivity index (χ2v) is 6.02. The van der Waals surface area contributed by atoms with E-state index in [1.807, 2.05) is 23.8 Å². The van der Waals surface area contributed by atoms with Crippen LogP contribution in [0.15, 0.2) is 18.3 Å². The molecule has 1 aromatic rings. The lowest BCUT2D eigenvalue weighted by atomic mass is 9.96. The number of carbonyl (C=O) groups excluding carboxylic acids is 2. The minimum atomic E-state index is -0.373. The molecule has 5 nitrogen and oxygen atoms in total. The molecule has 0 unspecified atom stereocenters. The summed E-state index contributed by atoms with van der Waals surface area (Å²) in [7, 11) is 0. The Morgan fingerprint density at radius 3 is 2.64 bits per heavy atom. The summed E-state index contributed by atoms with van der Waals surface area (Å²) in [6.07, 6.45) is 8.44. The predicted molar refractivity (Wildman–Crippen MR) is 84.3 cm³/mol. The SMILES string of the molecule is CCc1ccc(C)[n+](CC(=O)NC(=O)NC2CCCCC2)c1. The number of pyridine rings is 1. The lowest BCUT2D eigenvalue weighted by Crippen LogP contribution is -2.50. The standard InChI is InChI=1S/C17H25N3O2/c1-3-14-10-9-13(2)20(11-14)12-16(21)19-17(22)18-15-7-5-4-6-8-15/h9-11,15H,3-8,12H2,1-2H3,(H-,18,19,21,22)/p+1. The topological polar surface area (TPSA) is 62.1 Å².